The maximum Gasteiger partial charge on any atom is 0.0430 e. The molecular formula is C9H21NO. The third-order valence-corrected chi connectivity index (χ3v) is 1.72. The normalized spacial score (nSPS) is 16.9. The number of piperidine rings is 1. The molecule has 0 aromatic carbocycles. The SMILES string of the molecule is C1CCNCC1.CCCCO. The molecule has 0 spiro atoms. The van der Waals surface area contributed by atoms with Crippen LogP contribution < -0.4 is 5.32 Å². The molecule has 0 amide bonds. The Hall–Kier alpha value is -0.0800. The maximum absolute atomic E-state index is 8.07. The van der Waals surface area contributed by atoms with Crippen LogP contribution in [0.1, 0.15) is 39.0 Å². The quantitative estimate of drug-likeness (QED) is 0.640. The summed E-state index contributed by atoms with van der Waals surface area (Å²) in [5, 5.41) is 11.4. The van der Waals surface area contributed by atoms with E-state index in [0.29, 0.717) is 6.61 Å². The summed E-state index contributed by atoms with van der Waals surface area (Å²) in [7, 11) is 0. The Morgan fingerprint density at radius 2 is 1.82 bits per heavy atom. The molecule has 2 heteroatoms. The van der Waals surface area contributed by atoms with Gasteiger partial charge in [0, 0.05) is 6.61 Å². The van der Waals surface area contributed by atoms with Crippen LogP contribution in [0.25, 0.3) is 0 Å². The number of unbranched alkanes of at least 4 members (excludes halogenated alkanes) is 1. The van der Waals surface area contributed by atoms with E-state index in [1.807, 2.05) is 0 Å². The lowest BCUT2D eigenvalue weighted by Gasteiger charge is -2.08. The van der Waals surface area contributed by atoms with Gasteiger partial charge in [0.15, 0.2) is 0 Å². The average Bonchev–Trinajstić information content (AvgIpc) is 2.10. The number of aliphatic hydroxyl groups is 1. The van der Waals surface area contributed by atoms with Crippen LogP contribution in [0, 0.1) is 0 Å². The van der Waals surface area contributed by atoms with Crippen molar-refractivity contribution in [2.24, 2.45) is 0 Å². The summed E-state index contributed by atoms with van der Waals surface area (Å²) >= 11 is 0. The van der Waals surface area contributed by atoms with Crippen LogP contribution in [0.5, 0.6) is 0 Å². The summed E-state index contributed by atoms with van der Waals surface area (Å²) in [6, 6.07) is 0. The second kappa shape index (κ2) is 9.92. The minimum absolute atomic E-state index is 0.344. The average molecular weight is 159 g/mol. The van der Waals surface area contributed by atoms with Gasteiger partial charge in [0.05, 0.1) is 0 Å². The van der Waals surface area contributed by atoms with E-state index in [1.165, 1.54) is 32.4 Å². The van der Waals surface area contributed by atoms with Gasteiger partial charge in [-0.3, -0.25) is 0 Å². The Labute approximate surface area is 70.0 Å². The van der Waals surface area contributed by atoms with E-state index in [0.717, 1.165) is 12.8 Å². The lowest BCUT2D eigenvalue weighted by Crippen LogP contribution is -2.21. The van der Waals surface area contributed by atoms with Crippen molar-refractivity contribution in [3.8, 4) is 0 Å². The monoisotopic (exact) mass is 159 g/mol. The van der Waals surface area contributed by atoms with Gasteiger partial charge in [-0.05, 0) is 32.4 Å². The zero-order valence-electron chi connectivity index (χ0n) is 7.60. The van der Waals surface area contributed by atoms with E-state index in [9.17, 15) is 0 Å². The van der Waals surface area contributed by atoms with E-state index in [2.05, 4.69) is 12.2 Å². The molecule has 1 aliphatic rings. The number of nitrogens with one attached hydrogen (secondary N) is 1. The van der Waals surface area contributed by atoms with Crippen LogP contribution in [-0.2, 0) is 0 Å². The summed E-state index contributed by atoms with van der Waals surface area (Å²) in [5.41, 5.74) is 0. The molecule has 1 heterocycles. The highest BCUT2D eigenvalue weighted by molar-refractivity contribution is 4.55. The topological polar surface area (TPSA) is 32.3 Å². The molecule has 0 atom stereocenters. The van der Waals surface area contributed by atoms with E-state index in [4.69, 9.17) is 5.11 Å². The first kappa shape index (κ1) is 10.9. The van der Waals surface area contributed by atoms with Gasteiger partial charge in [-0.2, -0.15) is 0 Å². The maximum atomic E-state index is 8.07. The summed E-state index contributed by atoms with van der Waals surface area (Å²) < 4.78 is 0. The number of hydrogen-bond donors (Lipinski definition) is 2. The largest absolute Gasteiger partial charge is 0.396 e. The molecule has 0 aromatic heterocycles. The summed E-state index contributed by atoms with van der Waals surface area (Å²) in [6.45, 7) is 4.90. The molecule has 0 bridgehead atoms. The van der Waals surface area contributed by atoms with Crippen molar-refractivity contribution in [2.75, 3.05) is 19.7 Å². The van der Waals surface area contributed by atoms with Crippen molar-refractivity contribution >= 4 is 0 Å². The van der Waals surface area contributed by atoms with Gasteiger partial charge < -0.3 is 10.4 Å². The van der Waals surface area contributed by atoms with Crippen LogP contribution in [0.15, 0.2) is 0 Å². The zero-order valence-corrected chi connectivity index (χ0v) is 7.60. The third kappa shape index (κ3) is 9.92. The standard InChI is InChI=1S/C5H11N.C4H10O/c1-2-4-6-5-3-1;1-2-3-4-5/h6H,1-5H2;5H,2-4H2,1H3. The van der Waals surface area contributed by atoms with Crippen LogP contribution in [-0.4, -0.2) is 24.8 Å². The van der Waals surface area contributed by atoms with Gasteiger partial charge >= 0.3 is 0 Å². The molecule has 0 aliphatic carbocycles. The molecule has 68 valence electrons. The lowest BCUT2D eigenvalue weighted by molar-refractivity contribution is 0.287. The highest BCUT2D eigenvalue weighted by atomic mass is 16.2. The van der Waals surface area contributed by atoms with Gasteiger partial charge in [0.25, 0.3) is 0 Å². The molecule has 1 saturated heterocycles. The Kier molecular flexibility index (Phi) is 9.85. The molecule has 1 aliphatic heterocycles. The third-order valence-electron chi connectivity index (χ3n) is 1.72. The van der Waals surface area contributed by atoms with E-state index in [-0.39, 0.29) is 0 Å². The van der Waals surface area contributed by atoms with Gasteiger partial charge in [0.2, 0.25) is 0 Å². The summed E-state index contributed by atoms with van der Waals surface area (Å²) in [6.07, 6.45) is 6.25. The Morgan fingerprint density at radius 1 is 1.18 bits per heavy atom. The zero-order chi connectivity index (χ0) is 8.36. The Bertz CT molecular complexity index is 49.1. The van der Waals surface area contributed by atoms with E-state index >= 15 is 0 Å². The molecule has 11 heavy (non-hydrogen) atoms. The van der Waals surface area contributed by atoms with Gasteiger partial charge in [-0.25, -0.2) is 0 Å². The van der Waals surface area contributed by atoms with Crippen molar-refractivity contribution in [2.45, 2.75) is 39.0 Å². The molecular weight excluding hydrogens is 138 g/mol. The molecule has 0 saturated carbocycles. The van der Waals surface area contributed by atoms with Crippen LogP contribution in [0.3, 0.4) is 0 Å². The molecule has 0 radical (unpaired) electrons. The van der Waals surface area contributed by atoms with Crippen molar-refractivity contribution in [3.05, 3.63) is 0 Å². The first-order valence-electron chi connectivity index (χ1n) is 4.73. The minimum atomic E-state index is 0.344. The molecule has 0 unspecified atom stereocenters. The first-order valence-corrected chi connectivity index (χ1v) is 4.73. The highest BCUT2D eigenvalue weighted by Crippen LogP contribution is 1.96. The van der Waals surface area contributed by atoms with Crippen molar-refractivity contribution in [3.63, 3.8) is 0 Å². The Balaban J connectivity index is 0.000000187. The van der Waals surface area contributed by atoms with Crippen LogP contribution >= 0.6 is 0 Å². The molecule has 1 rings (SSSR count). The fourth-order valence-corrected chi connectivity index (χ4v) is 0.960. The van der Waals surface area contributed by atoms with Crippen LogP contribution in [0.4, 0.5) is 0 Å². The van der Waals surface area contributed by atoms with Crippen LogP contribution in [0.2, 0.25) is 0 Å². The number of rotatable bonds is 2. The summed E-state index contributed by atoms with van der Waals surface area (Å²) in [5.74, 6) is 0. The fourth-order valence-electron chi connectivity index (χ4n) is 0.960. The van der Waals surface area contributed by atoms with Gasteiger partial charge in [-0.1, -0.05) is 19.8 Å². The fraction of sp³-hybridized carbons (Fsp3) is 1.00. The van der Waals surface area contributed by atoms with Crippen molar-refractivity contribution < 1.29 is 5.11 Å². The van der Waals surface area contributed by atoms with Crippen molar-refractivity contribution in [1.82, 2.24) is 5.32 Å². The van der Waals surface area contributed by atoms with Gasteiger partial charge in [-0.15, -0.1) is 0 Å². The second-order valence-corrected chi connectivity index (χ2v) is 2.89. The summed E-state index contributed by atoms with van der Waals surface area (Å²) in [4.78, 5) is 0. The molecule has 2 N–H and O–H groups in total. The minimum Gasteiger partial charge on any atom is -0.396 e. The van der Waals surface area contributed by atoms with Crippen molar-refractivity contribution in [1.29, 1.82) is 0 Å². The smallest absolute Gasteiger partial charge is 0.0430 e. The number of aliphatic hydroxyl groups excluding tert-OH is 1. The lowest BCUT2D eigenvalue weighted by atomic mass is 10.2. The van der Waals surface area contributed by atoms with Gasteiger partial charge in [0.1, 0.15) is 0 Å². The molecule has 1 fully saturated rings. The second-order valence-electron chi connectivity index (χ2n) is 2.89. The Morgan fingerprint density at radius 3 is 1.91 bits per heavy atom. The van der Waals surface area contributed by atoms with E-state index in [1.54, 1.807) is 0 Å². The highest BCUT2D eigenvalue weighted by Gasteiger charge is 1.93. The molecule has 2 nitrogen and oxygen atoms in total. The molecule has 0 aromatic rings. The predicted molar refractivity (Wildman–Crippen MR) is 48.7 cm³/mol. The number of hydrogen-bond acceptors (Lipinski definition) is 2. The predicted octanol–water partition coefficient (Wildman–Crippen LogP) is 1.54. The van der Waals surface area contributed by atoms with E-state index < -0.39 is 0 Å². The first-order chi connectivity index (χ1) is 5.41.